The Labute approximate surface area is 139 Å². The van der Waals surface area contributed by atoms with Gasteiger partial charge in [-0.15, -0.1) is 0 Å². The van der Waals surface area contributed by atoms with Crippen molar-refractivity contribution in [1.29, 1.82) is 0 Å². The molecule has 122 valence electrons. The molecular weight excluding hydrogens is 316 g/mol. The van der Waals surface area contributed by atoms with Crippen LogP contribution in [0.2, 0.25) is 5.02 Å². The maximum Gasteiger partial charge on any atom is 0.257 e. The predicted molar refractivity (Wildman–Crippen MR) is 87.6 cm³/mol. The molecule has 0 aliphatic carbocycles. The van der Waals surface area contributed by atoms with Gasteiger partial charge in [-0.25, -0.2) is 9.97 Å². The first kappa shape index (κ1) is 15.7. The molecule has 0 radical (unpaired) electrons. The van der Waals surface area contributed by atoms with Gasteiger partial charge in [-0.1, -0.05) is 11.6 Å². The van der Waals surface area contributed by atoms with Crippen LogP contribution in [0.25, 0.3) is 0 Å². The van der Waals surface area contributed by atoms with Crippen LogP contribution in [0.3, 0.4) is 0 Å². The molecule has 0 spiro atoms. The fourth-order valence-electron chi connectivity index (χ4n) is 2.82. The first-order valence-electron chi connectivity index (χ1n) is 7.53. The minimum absolute atomic E-state index is 0.0132. The molecule has 8 heteroatoms. The molecule has 1 saturated heterocycles. The van der Waals surface area contributed by atoms with Gasteiger partial charge in [-0.05, 0) is 12.8 Å². The number of carbonyl (C=O) groups is 1. The van der Waals surface area contributed by atoms with Gasteiger partial charge in [0.2, 0.25) is 5.95 Å². The third kappa shape index (κ3) is 3.44. The molecule has 0 bridgehead atoms. The van der Waals surface area contributed by atoms with Gasteiger partial charge < -0.3 is 9.80 Å². The Kier molecular flexibility index (Phi) is 4.47. The van der Waals surface area contributed by atoms with Gasteiger partial charge in [0, 0.05) is 39.4 Å². The number of hydrogen-bond donors (Lipinski definition) is 0. The van der Waals surface area contributed by atoms with Crippen molar-refractivity contribution in [2.75, 3.05) is 25.0 Å². The van der Waals surface area contributed by atoms with Crippen molar-refractivity contribution in [1.82, 2.24) is 24.6 Å². The molecule has 3 rings (SSSR count). The maximum absolute atomic E-state index is 12.5. The Balaban J connectivity index is 1.60. The van der Waals surface area contributed by atoms with Crippen molar-refractivity contribution in [2.45, 2.75) is 18.9 Å². The number of halogens is 1. The number of hydrogen-bond acceptors (Lipinski definition) is 5. The molecule has 0 aromatic carbocycles. The fourth-order valence-corrected chi connectivity index (χ4v) is 2.92. The second-order valence-electron chi connectivity index (χ2n) is 5.74. The number of amides is 1. The summed E-state index contributed by atoms with van der Waals surface area (Å²) in [4.78, 5) is 24.9. The van der Waals surface area contributed by atoms with Gasteiger partial charge >= 0.3 is 0 Å². The molecule has 2 aromatic heterocycles. The summed E-state index contributed by atoms with van der Waals surface area (Å²) in [6, 6.07) is 0.214. The third-order valence-corrected chi connectivity index (χ3v) is 4.37. The summed E-state index contributed by atoms with van der Waals surface area (Å²) in [6.07, 6.45) is 8.33. The summed E-state index contributed by atoms with van der Waals surface area (Å²) in [5.41, 5.74) is 0.624. The van der Waals surface area contributed by atoms with Crippen LogP contribution in [0.4, 0.5) is 5.95 Å². The van der Waals surface area contributed by atoms with Crippen LogP contribution < -0.4 is 4.90 Å². The van der Waals surface area contributed by atoms with E-state index in [-0.39, 0.29) is 11.9 Å². The molecule has 1 aliphatic heterocycles. The molecular formula is C15H19ClN6O. The minimum atomic E-state index is 0.0132. The van der Waals surface area contributed by atoms with Gasteiger partial charge in [-0.2, -0.15) is 5.10 Å². The Morgan fingerprint density at radius 3 is 2.48 bits per heavy atom. The van der Waals surface area contributed by atoms with Crippen LogP contribution in [0.5, 0.6) is 0 Å². The monoisotopic (exact) mass is 334 g/mol. The Morgan fingerprint density at radius 2 is 1.91 bits per heavy atom. The van der Waals surface area contributed by atoms with E-state index in [0.29, 0.717) is 16.5 Å². The Bertz CT molecular complexity index is 678. The molecule has 0 saturated carbocycles. The highest BCUT2D eigenvalue weighted by molar-refractivity contribution is 6.30. The first-order valence-corrected chi connectivity index (χ1v) is 7.90. The lowest BCUT2D eigenvalue weighted by molar-refractivity contribution is 0.0709. The zero-order valence-electron chi connectivity index (χ0n) is 13.2. The second kappa shape index (κ2) is 6.54. The van der Waals surface area contributed by atoms with Crippen molar-refractivity contribution in [3.05, 3.63) is 35.4 Å². The molecule has 7 nitrogen and oxygen atoms in total. The summed E-state index contributed by atoms with van der Waals surface area (Å²) in [5.74, 6) is 0.702. The van der Waals surface area contributed by atoms with E-state index in [4.69, 9.17) is 11.6 Å². The molecule has 1 amide bonds. The van der Waals surface area contributed by atoms with Crippen LogP contribution >= 0.6 is 11.6 Å². The van der Waals surface area contributed by atoms with Crippen molar-refractivity contribution >= 4 is 23.5 Å². The standard InChI is InChI=1S/C15H19ClN6O/c1-20-10-11(7-19-20)14(23)21(2)13-3-5-22(6-4-13)15-17-8-12(16)9-18-15/h7-10,13H,3-6H2,1-2H3. The summed E-state index contributed by atoms with van der Waals surface area (Å²) in [5, 5.41) is 4.59. The van der Waals surface area contributed by atoms with Crippen molar-refractivity contribution in [2.24, 2.45) is 7.05 Å². The molecule has 3 heterocycles. The van der Waals surface area contributed by atoms with E-state index < -0.39 is 0 Å². The summed E-state index contributed by atoms with van der Waals surface area (Å²) in [7, 11) is 3.66. The van der Waals surface area contributed by atoms with Crippen LogP contribution in [0, 0.1) is 0 Å². The largest absolute Gasteiger partial charge is 0.341 e. The molecule has 0 unspecified atom stereocenters. The van der Waals surface area contributed by atoms with Crippen LogP contribution in [-0.2, 0) is 7.05 Å². The van der Waals surface area contributed by atoms with Crippen molar-refractivity contribution < 1.29 is 4.79 Å². The normalized spacial score (nSPS) is 15.7. The average molecular weight is 335 g/mol. The van der Waals surface area contributed by atoms with E-state index in [1.165, 1.54) is 0 Å². The molecule has 2 aromatic rings. The molecule has 0 N–H and O–H groups in total. The quantitative estimate of drug-likeness (QED) is 0.853. The number of aromatic nitrogens is 4. The van der Waals surface area contributed by atoms with Crippen LogP contribution in [0.1, 0.15) is 23.2 Å². The fraction of sp³-hybridized carbons (Fsp3) is 0.467. The van der Waals surface area contributed by atoms with E-state index in [0.717, 1.165) is 25.9 Å². The maximum atomic E-state index is 12.5. The van der Waals surface area contributed by atoms with E-state index >= 15 is 0 Å². The third-order valence-electron chi connectivity index (χ3n) is 4.17. The lowest BCUT2D eigenvalue weighted by atomic mass is 10.0. The smallest absolute Gasteiger partial charge is 0.257 e. The highest BCUT2D eigenvalue weighted by atomic mass is 35.5. The van der Waals surface area contributed by atoms with Gasteiger partial charge in [0.15, 0.2) is 0 Å². The SMILES string of the molecule is CN(C(=O)c1cnn(C)c1)C1CCN(c2ncc(Cl)cn2)CC1. The number of nitrogens with zero attached hydrogens (tertiary/aromatic N) is 6. The molecule has 1 aliphatic rings. The second-order valence-corrected chi connectivity index (χ2v) is 6.17. The zero-order chi connectivity index (χ0) is 16.4. The Hall–Kier alpha value is -2.15. The van der Waals surface area contributed by atoms with E-state index in [1.807, 2.05) is 11.9 Å². The molecule has 1 fully saturated rings. The van der Waals surface area contributed by atoms with Crippen LogP contribution in [-0.4, -0.2) is 56.7 Å². The number of carbonyl (C=O) groups excluding carboxylic acids is 1. The number of aryl methyl sites for hydroxylation is 1. The van der Waals surface area contributed by atoms with E-state index in [9.17, 15) is 4.79 Å². The lowest BCUT2D eigenvalue weighted by Gasteiger charge is -2.36. The average Bonchev–Trinajstić information content (AvgIpc) is 3.01. The van der Waals surface area contributed by atoms with Crippen molar-refractivity contribution in [3.63, 3.8) is 0 Å². The number of rotatable bonds is 3. The van der Waals surface area contributed by atoms with Gasteiger partial charge in [0.05, 0.1) is 29.2 Å². The van der Waals surface area contributed by atoms with Crippen molar-refractivity contribution in [3.8, 4) is 0 Å². The number of anilines is 1. The van der Waals surface area contributed by atoms with E-state index in [2.05, 4.69) is 20.0 Å². The van der Waals surface area contributed by atoms with Gasteiger partial charge in [-0.3, -0.25) is 9.48 Å². The Morgan fingerprint density at radius 1 is 1.26 bits per heavy atom. The molecule has 0 atom stereocenters. The van der Waals surface area contributed by atoms with E-state index in [1.54, 1.807) is 36.5 Å². The summed E-state index contributed by atoms with van der Waals surface area (Å²) in [6.45, 7) is 1.63. The first-order chi connectivity index (χ1) is 11.0. The highest BCUT2D eigenvalue weighted by Gasteiger charge is 2.27. The summed E-state index contributed by atoms with van der Waals surface area (Å²) < 4.78 is 1.64. The van der Waals surface area contributed by atoms with Gasteiger partial charge in [0.25, 0.3) is 5.91 Å². The number of piperidine rings is 1. The topological polar surface area (TPSA) is 67.2 Å². The predicted octanol–water partition coefficient (Wildman–Crippen LogP) is 1.60. The zero-order valence-corrected chi connectivity index (χ0v) is 13.9. The lowest BCUT2D eigenvalue weighted by Crippen LogP contribution is -2.46. The minimum Gasteiger partial charge on any atom is -0.341 e. The van der Waals surface area contributed by atoms with Gasteiger partial charge in [0.1, 0.15) is 0 Å². The van der Waals surface area contributed by atoms with Crippen LogP contribution in [0.15, 0.2) is 24.8 Å². The summed E-state index contributed by atoms with van der Waals surface area (Å²) >= 11 is 5.82. The molecule has 23 heavy (non-hydrogen) atoms. The highest BCUT2D eigenvalue weighted by Crippen LogP contribution is 2.20.